The second kappa shape index (κ2) is 5.87. The second-order valence-corrected chi connectivity index (χ2v) is 3.57. The molecular formula is C11H10ClN3O2. The normalized spacial score (nSPS) is 10.6. The number of nitriles is 1. The van der Waals surface area contributed by atoms with Gasteiger partial charge in [0.25, 0.3) is 0 Å². The monoisotopic (exact) mass is 251 g/mol. The molecule has 0 radical (unpaired) electrons. The first kappa shape index (κ1) is 13.0. The van der Waals surface area contributed by atoms with Crippen LogP contribution in [0.2, 0.25) is 5.02 Å². The smallest absolute Gasteiger partial charge is 0.369 e. The van der Waals surface area contributed by atoms with Crippen molar-refractivity contribution >= 4 is 29.0 Å². The molecule has 0 aliphatic heterocycles. The predicted molar refractivity (Wildman–Crippen MR) is 64.9 cm³/mol. The van der Waals surface area contributed by atoms with E-state index in [0.29, 0.717) is 10.7 Å². The minimum Gasteiger partial charge on any atom is -0.464 e. The molecule has 0 bridgehead atoms. The van der Waals surface area contributed by atoms with E-state index >= 15 is 0 Å². The van der Waals surface area contributed by atoms with Gasteiger partial charge in [0.15, 0.2) is 0 Å². The molecule has 0 aliphatic rings. The molecule has 88 valence electrons. The van der Waals surface area contributed by atoms with E-state index in [1.165, 1.54) is 7.11 Å². The fraction of sp³-hybridized carbons (Fsp3) is 0.182. The minimum absolute atomic E-state index is 0.346. The molecule has 6 heteroatoms. The highest BCUT2D eigenvalue weighted by Crippen LogP contribution is 2.19. The van der Waals surface area contributed by atoms with Crippen LogP contribution in [0.15, 0.2) is 23.3 Å². The summed E-state index contributed by atoms with van der Waals surface area (Å²) in [7, 11) is 1.18. The summed E-state index contributed by atoms with van der Waals surface area (Å²) in [5, 5.41) is 12.9. The number of benzene rings is 1. The molecule has 0 amide bonds. The molecule has 0 saturated carbocycles. The summed E-state index contributed by atoms with van der Waals surface area (Å²) in [6.45, 7) is 1.83. The third-order valence-corrected chi connectivity index (χ3v) is 2.20. The highest BCUT2D eigenvalue weighted by molar-refractivity contribution is 6.43. The van der Waals surface area contributed by atoms with Crippen LogP contribution in [-0.2, 0) is 9.53 Å². The number of rotatable bonds is 3. The SMILES string of the molecule is COC(=O)/C(C#N)=N\Nc1ccc(Cl)cc1C. The van der Waals surface area contributed by atoms with Crippen molar-refractivity contribution < 1.29 is 9.53 Å². The Morgan fingerprint density at radius 1 is 1.59 bits per heavy atom. The molecule has 0 aromatic heterocycles. The molecule has 1 rings (SSSR count). The summed E-state index contributed by atoms with van der Waals surface area (Å²) >= 11 is 5.79. The van der Waals surface area contributed by atoms with Crippen molar-refractivity contribution in [2.75, 3.05) is 12.5 Å². The van der Waals surface area contributed by atoms with Crippen molar-refractivity contribution in [3.63, 3.8) is 0 Å². The number of anilines is 1. The lowest BCUT2D eigenvalue weighted by Gasteiger charge is -2.05. The molecule has 1 aromatic rings. The fourth-order valence-corrected chi connectivity index (χ4v) is 1.31. The highest BCUT2D eigenvalue weighted by atomic mass is 35.5. The third-order valence-electron chi connectivity index (χ3n) is 1.96. The molecule has 0 fully saturated rings. The van der Waals surface area contributed by atoms with Crippen molar-refractivity contribution in [1.29, 1.82) is 5.26 Å². The summed E-state index contributed by atoms with van der Waals surface area (Å²) in [6, 6.07) is 6.76. The molecule has 1 N–H and O–H groups in total. The van der Waals surface area contributed by atoms with E-state index in [-0.39, 0.29) is 5.71 Å². The Labute approximate surface area is 104 Å². The summed E-state index contributed by atoms with van der Waals surface area (Å²) < 4.78 is 4.39. The van der Waals surface area contributed by atoms with E-state index < -0.39 is 5.97 Å². The van der Waals surface area contributed by atoms with Crippen LogP contribution in [-0.4, -0.2) is 18.8 Å². The van der Waals surface area contributed by atoms with E-state index in [9.17, 15) is 4.79 Å². The van der Waals surface area contributed by atoms with Crippen LogP contribution in [0.1, 0.15) is 5.56 Å². The van der Waals surface area contributed by atoms with Crippen LogP contribution in [0.4, 0.5) is 5.69 Å². The topological polar surface area (TPSA) is 74.5 Å². The van der Waals surface area contributed by atoms with Crippen molar-refractivity contribution in [2.45, 2.75) is 6.92 Å². The standard InChI is InChI=1S/C11H10ClN3O2/c1-7-5-8(12)3-4-9(7)14-15-10(6-13)11(16)17-2/h3-5,14H,1-2H3/b15-10-. The Morgan fingerprint density at radius 2 is 2.29 bits per heavy atom. The molecule has 0 atom stereocenters. The Bertz CT molecular complexity index is 506. The van der Waals surface area contributed by atoms with Crippen LogP contribution >= 0.6 is 11.6 Å². The number of hydrazone groups is 1. The maximum Gasteiger partial charge on any atom is 0.369 e. The maximum atomic E-state index is 11.1. The molecule has 0 aliphatic carbocycles. The van der Waals surface area contributed by atoms with Crippen molar-refractivity contribution in [1.82, 2.24) is 0 Å². The molecule has 1 aromatic carbocycles. The van der Waals surface area contributed by atoms with Crippen LogP contribution in [0.3, 0.4) is 0 Å². The molecule has 0 saturated heterocycles. The lowest BCUT2D eigenvalue weighted by atomic mass is 10.2. The van der Waals surface area contributed by atoms with Crippen molar-refractivity contribution in [3.8, 4) is 6.07 Å². The van der Waals surface area contributed by atoms with E-state index in [1.807, 2.05) is 6.92 Å². The molecule has 0 heterocycles. The lowest BCUT2D eigenvalue weighted by Crippen LogP contribution is -2.15. The zero-order chi connectivity index (χ0) is 12.8. The summed E-state index contributed by atoms with van der Waals surface area (Å²) in [5.74, 6) is -0.786. The predicted octanol–water partition coefficient (Wildman–Crippen LogP) is 2.11. The van der Waals surface area contributed by atoms with Crippen LogP contribution in [0, 0.1) is 18.3 Å². The van der Waals surface area contributed by atoms with Gasteiger partial charge in [0.05, 0.1) is 12.8 Å². The molecule has 0 spiro atoms. The van der Waals surface area contributed by atoms with Crippen LogP contribution in [0.25, 0.3) is 0 Å². The van der Waals surface area contributed by atoms with Gasteiger partial charge < -0.3 is 4.74 Å². The van der Waals surface area contributed by atoms with Crippen LogP contribution < -0.4 is 5.43 Å². The average Bonchev–Trinajstić information content (AvgIpc) is 2.31. The Balaban J connectivity index is 2.88. The highest BCUT2D eigenvalue weighted by Gasteiger charge is 2.10. The first-order valence-corrected chi connectivity index (χ1v) is 5.04. The summed E-state index contributed by atoms with van der Waals surface area (Å²) in [6.07, 6.45) is 0. The van der Waals surface area contributed by atoms with E-state index in [0.717, 1.165) is 5.56 Å². The van der Waals surface area contributed by atoms with Gasteiger partial charge in [-0.2, -0.15) is 10.4 Å². The quantitative estimate of drug-likeness (QED) is 0.507. The number of carbonyl (C=O) groups is 1. The lowest BCUT2D eigenvalue weighted by molar-refractivity contribution is -0.132. The van der Waals surface area contributed by atoms with Gasteiger partial charge in [-0.25, -0.2) is 4.79 Å². The largest absolute Gasteiger partial charge is 0.464 e. The van der Waals surface area contributed by atoms with Gasteiger partial charge in [0, 0.05) is 5.02 Å². The summed E-state index contributed by atoms with van der Waals surface area (Å²) in [5.41, 5.74) is 3.78. The maximum absolute atomic E-state index is 11.1. The first-order valence-electron chi connectivity index (χ1n) is 4.66. The third kappa shape index (κ3) is 3.47. The Hall–Kier alpha value is -2.06. The number of hydrogen-bond acceptors (Lipinski definition) is 5. The number of ether oxygens (including phenoxy) is 1. The number of esters is 1. The van der Waals surface area contributed by atoms with Gasteiger partial charge >= 0.3 is 5.97 Å². The Morgan fingerprint density at radius 3 is 2.82 bits per heavy atom. The van der Waals surface area contributed by atoms with Crippen molar-refractivity contribution in [3.05, 3.63) is 28.8 Å². The van der Waals surface area contributed by atoms with Gasteiger partial charge in [-0.1, -0.05) is 11.6 Å². The Kier molecular flexibility index (Phi) is 4.49. The number of methoxy groups -OCH3 is 1. The number of aryl methyl sites for hydroxylation is 1. The molecule has 5 nitrogen and oxygen atoms in total. The zero-order valence-corrected chi connectivity index (χ0v) is 10.1. The number of carbonyl (C=O) groups excluding carboxylic acids is 1. The van der Waals surface area contributed by atoms with Crippen molar-refractivity contribution in [2.24, 2.45) is 5.10 Å². The molecule has 17 heavy (non-hydrogen) atoms. The van der Waals surface area contributed by atoms with Crippen LogP contribution in [0.5, 0.6) is 0 Å². The fourth-order valence-electron chi connectivity index (χ4n) is 1.08. The number of hydrogen-bond donors (Lipinski definition) is 1. The summed E-state index contributed by atoms with van der Waals surface area (Å²) in [4.78, 5) is 11.1. The minimum atomic E-state index is -0.786. The van der Waals surface area contributed by atoms with Gasteiger partial charge in [0.2, 0.25) is 5.71 Å². The molecular weight excluding hydrogens is 242 g/mol. The molecule has 0 unspecified atom stereocenters. The average molecular weight is 252 g/mol. The van der Waals surface area contributed by atoms with E-state index in [1.54, 1.807) is 24.3 Å². The van der Waals surface area contributed by atoms with Gasteiger partial charge in [-0.15, -0.1) is 0 Å². The number of nitrogens with zero attached hydrogens (tertiary/aromatic N) is 2. The second-order valence-electron chi connectivity index (χ2n) is 3.13. The van der Waals surface area contributed by atoms with Gasteiger partial charge in [-0.3, -0.25) is 5.43 Å². The van der Waals surface area contributed by atoms with E-state index in [2.05, 4.69) is 15.3 Å². The number of halogens is 1. The van der Waals surface area contributed by atoms with Gasteiger partial charge in [-0.05, 0) is 30.7 Å². The van der Waals surface area contributed by atoms with Gasteiger partial charge in [0.1, 0.15) is 6.07 Å². The number of nitrogens with one attached hydrogen (secondary N) is 1. The zero-order valence-electron chi connectivity index (χ0n) is 9.32. The van der Waals surface area contributed by atoms with E-state index in [4.69, 9.17) is 16.9 Å². The first-order chi connectivity index (χ1) is 8.08.